The van der Waals surface area contributed by atoms with Crippen LogP contribution >= 0.6 is 0 Å². The van der Waals surface area contributed by atoms with Gasteiger partial charge < -0.3 is 10.2 Å². The maximum atomic E-state index is 13.6. The largest absolute Gasteiger partial charge is 0.367 e. The van der Waals surface area contributed by atoms with E-state index in [4.69, 9.17) is 0 Å². The summed E-state index contributed by atoms with van der Waals surface area (Å²) >= 11 is 0. The molecule has 20 heavy (non-hydrogen) atoms. The Bertz CT molecular complexity index is 482. The van der Waals surface area contributed by atoms with Crippen LogP contribution < -0.4 is 10.2 Å². The van der Waals surface area contributed by atoms with E-state index in [2.05, 4.69) is 37.1 Å². The molecule has 110 valence electrons. The third kappa shape index (κ3) is 3.60. The molecule has 1 aliphatic rings. The van der Waals surface area contributed by atoms with Crippen LogP contribution in [0.2, 0.25) is 0 Å². The Kier molecular flexibility index (Phi) is 5.18. The average molecular weight is 276 g/mol. The zero-order valence-electron chi connectivity index (χ0n) is 12.7. The molecule has 1 unspecified atom stereocenters. The lowest BCUT2D eigenvalue weighted by Crippen LogP contribution is -2.30. The predicted molar refractivity (Wildman–Crippen MR) is 83.7 cm³/mol. The van der Waals surface area contributed by atoms with Gasteiger partial charge in [-0.3, -0.25) is 0 Å². The minimum atomic E-state index is -0.155. The fourth-order valence-corrected chi connectivity index (χ4v) is 2.62. The van der Waals surface area contributed by atoms with Crippen molar-refractivity contribution in [2.45, 2.75) is 39.7 Å². The van der Waals surface area contributed by atoms with Crippen LogP contribution in [0.5, 0.6) is 0 Å². The van der Waals surface area contributed by atoms with E-state index < -0.39 is 0 Å². The smallest absolute Gasteiger partial charge is 0.123 e. The minimum Gasteiger partial charge on any atom is -0.367 e. The zero-order chi connectivity index (χ0) is 14.5. The van der Waals surface area contributed by atoms with Crippen LogP contribution in [0.4, 0.5) is 10.1 Å². The van der Waals surface area contributed by atoms with Crippen LogP contribution in [-0.2, 0) is 0 Å². The summed E-state index contributed by atoms with van der Waals surface area (Å²) in [7, 11) is 0. The van der Waals surface area contributed by atoms with Crippen LogP contribution in [0, 0.1) is 5.82 Å². The maximum Gasteiger partial charge on any atom is 0.123 e. The number of hydrogen-bond donors (Lipinski definition) is 1. The summed E-state index contributed by atoms with van der Waals surface area (Å²) in [4.78, 5) is 2.34. The summed E-state index contributed by atoms with van der Waals surface area (Å²) in [6, 6.07) is 5.33. The lowest BCUT2D eigenvalue weighted by atomic mass is 10.0. The first-order valence-corrected chi connectivity index (χ1v) is 7.55. The first-order chi connectivity index (χ1) is 9.61. The van der Waals surface area contributed by atoms with Crippen LogP contribution in [0.25, 0.3) is 0 Å². The number of nitrogens with zero attached hydrogens (tertiary/aromatic N) is 1. The van der Waals surface area contributed by atoms with E-state index in [0.717, 1.165) is 43.7 Å². The van der Waals surface area contributed by atoms with Crippen molar-refractivity contribution >= 4 is 5.69 Å². The molecule has 0 radical (unpaired) electrons. The molecule has 0 aromatic heterocycles. The van der Waals surface area contributed by atoms with Crippen molar-refractivity contribution in [1.29, 1.82) is 0 Å². The molecule has 1 aromatic carbocycles. The Balaban J connectivity index is 2.23. The predicted octanol–water partition coefficient (Wildman–Crippen LogP) is 4.04. The highest BCUT2D eigenvalue weighted by molar-refractivity contribution is 5.56. The van der Waals surface area contributed by atoms with Crippen molar-refractivity contribution in [3.63, 3.8) is 0 Å². The Morgan fingerprint density at radius 3 is 2.85 bits per heavy atom. The van der Waals surface area contributed by atoms with E-state index in [0.29, 0.717) is 0 Å². The number of nitrogens with one attached hydrogen (secondary N) is 1. The fourth-order valence-electron chi connectivity index (χ4n) is 2.62. The van der Waals surface area contributed by atoms with Gasteiger partial charge in [0.15, 0.2) is 0 Å². The van der Waals surface area contributed by atoms with Gasteiger partial charge in [-0.1, -0.05) is 18.6 Å². The molecule has 0 saturated heterocycles. The summed E-state index contributed by atoms with van der Waals surface area (Å²) in [6.45, 7) is 9.32. The van der Waals surface area contributed by atoms with Gasteiger partial charge in [0.1, 0.15) is 5.82 Å². The summed E-state index contributed by atoms with van der Waals surface area (Å²) in [5.41, 5.74) is 3.67. The van der Waals surface area contributed by atoms with Crippen molar-refractivity contribution in [1.82, 2.24) is 5.32 Å². The highest BCUT2D eigenvalue weighted by atomic mass is 19.1. The Morgan fingerprint density at radius 2 is 2.20 bits per heavy atom. The van der Waals surface area contributed by atoms with Gasteiger partial charge >= 0.3 is 0 Å². The molecule has 1 aromatic rings. The van der Waals surface area contributed by atoms with Gasteiger partial charge in [-0.15, -0.1) is 0 Å². The summed E-state index contributed by atoms with van der Waals surface area (Å²) in [5.74, 6) is -0.155. The SMILES string of the molecule is CCCNC(C)c1cc(F)ccc1N1CC=C(C)CC1. The third-order valence-corrected chi connectivity index (χ3v) is 3.93. The number of hydrogen-bond acceptors (Lipinski definition) is 2. The zero-order valence-corrected chi connectivity index (χ0v) is 12.7. The van der Waals surface area contributed by atoms with Crippen LogP contribution in [0.1, 0.15) is 45.2 Å². The number of rotatable bonds is 5. The van der Waals surface area contributed by atoms with E-state index in [1.54, 1.807) is 12.1 Å². The second-order valence-corrected chi connectivity index (χ2v) is 5.63. The van der Waals surface area contributed by atoms with Gasteiger partial charge in [-0.05, 0) is 57.0 Å². The molecular weight excluding hydrogens is 251 g/mol. The monoisotopic (exact) mass is 276 g/mol. The lowest BCUT2D eigenvalue weighted by molar-refractivity contribution is 0.560. The van der Waals surface area contributed by atoms with Crippen molar-refractivity contribution in [2.24, 2.45) is 0 Å². The van der Waals surface area contributed by atoms with Crippen LogP contribution in [-0.4, -0.2) is 19.6 Å². The maximum absolute atomic E-state index is 13.6. The van der Waals surface area contributed by atoms with Gasteiger partial charge in [0, 0.05) is 24.8 Å². The first kappa shape index (κ1) is 15.0. The van der Waals surface area contributed by atoms with Gasteiger partial charge in [-0.25, -0.2) is 4.39 Å². The van der Waals surface area contributed by atoms with Gasteiger partial charge in [0.2, 0.25) is 0 Å². The van der Waals surface area contributed by atoms with Crippen molar-refractivity contribution < 1.29 is 4.39 Å². The van der Waals surface area contributed by atoms with Gasteiger partial charge in [0.25, 0.3) is 0 Å². The van der Waals surface area contributed by atoms with E-state index in [1.165, 1.54) is 5.57 Å². The summed E-state index contributed by atoms with van der Waals surface area (Å²) in [6.07, 6.45) is 4.44. The second kappa shape index (κ2) is 6.89. The van der Waals surface area contributed by atoms with Gasteiger partial charge in [0.05, 0.1) is 0 Å². The molecule has 1 N–H and O–H groups in total. The molecule has 1 heterocycles. The summed E-state index contributed by atoms with van der Waals surface area (Å²) in [5, 5.41) is 3.46. The molecule has 1 aliphatic heterocycles. The third-order valence-electron chi connectivity index (χ3n) is 3.93. The van der Waals surface area contributed by atoms with Crippen molar-refractivity contribution in [3.8, 4) is 0 Å². The van der Waals surface area contributed by atoms with Crippen molar-refractivity contribution in [2.75, 3.05) is 24.5 Å². The standard InChI is InChI=1S/C17H25FN2/c1-4-9-19-14(3)16-12-15(18)5-6-17(16)20-10-7-13(2)8-11-20/h5-7,12,14,19H,4,8-11H2,1-3H3. The molecule has 0 amide bonds. The number of halogens is 1. The molecule has 0 saturated carbocycles. The fraction of sp³-hybridized carbons (Fsp3) is 0.529. The molecular formula is C17H25FN2. The van der Waals surface area contributed by atoms with E-state index in [1.807, 2.05) is 6.07 Å². The van der Waals surface area contributed by atoms with Gasteiger partial charge in [-0.2, -0.15) is 0 Å². The van der Waals surface area contributed by atoms with Crippen molar-refractivity contribution in [3.05, 3.63) is 41.2 Å². The van der Waals surface area contributed by atoms with E-state index >= 15 is 0 Å². The molecule has 2 nitrogen and oxygen atoms in total. The quantitative estimate of drug-likeness (QED) is 0.816. The molecule has 0 spiro atoms. The highest BCUT2D eigenvalue weighted by Crippen LogP contribution is 2.29. The molecule has 0 fully saturated rings. The minimum absolute atomic E-state index is 0.155. The van der Waals surface area contributed by atoms with E-state index in [-0.39, 0.29) is 11.9 Å². The molecule has 0 aliphatic carbocycles. The second-order valence-electron chi connectivity index (χ2n) is 5.63. The first-order valence-electron chi connectivity index (χ1n) is 7.55. The summed E-state index contributed by atoms with van der Waals surface area (Å²) < 4.78 is 13.6. The highest BCUT2D eigenvalue weighted by Gasteiger charge is 2.17. The Morgan fingerprint density at radius 1 is 1.40 bits per heavy atom. The molecule has 3 heteroatoms. The molecule has 1 atom stereocenters. The number of benzene rings is 1. The Hall–Kier alpha value is -1.35. The Labute approximate surface area is 121 Å². The molecule has 0 bridgehead atoms. The lowest BCUT2D eigenvalue weighted by Gasteiger charge is -2.31. The number of anilines is 1. The van der Waals surface area contributed by atoms with Crippen LogP contribution in [0.15, 0.2) is 29.8 Å². The van der Waals surface area contributed by atoms with Crippen LogP contribution in [0.3, 0.4) is 0 Å². The normalized spacial score (nSPS) is 17.0. The topological polar surface area (TPSA) is 15.3 Å². The molecule has 2 rings (SSSR count). The average Bonchev–Trinajstić information content (AvgIpc) is 2.46. The van der Waals surface area contributed by atoms with E-state index in [9.17, 15) is 4.39 Å².